The third-order valence-corrected chi connectivity index (χ3v) is 3.24. The number of hydrogen-bond donors (Lipinski definition) is 0. The fraction of sp³-hybridized carbons (Fsp3) is 0. The Balaban J connectivity index is 1.95. The number of esters is 1. The van der Waals surface area contributed by atoms with Crippen LogP contribution in [0.3, 0.4) is 0 Å². The molecule has 0 bridgehead atoms. The molecule has 84 valence electrons. The Morgan fingerprint density at radius 2 is 2.24 bits per heavy atom. The number of furan rings is 1. The molecule has 0 saturated carbocycles. The second-order valence-electron chi connectivity index (χ2n) is 3.53. The van der Waals surface area contributed by atoms with Crippen LogP contribution in [0.15, 0.2) is 52.2 Å². The zero-order valence-corrected chi connectivity index (χ0v) is 9.57. The number of ether oxygens (including phenoxy) is 1. The summed E-state index contributed by atoms with van der Waals surface area (Å²) in [5.41, 5.74) is 1.38. The van der Waals surface area contributed by atoms with Crippen molar-refractivity contribution in [2.75, 3.05) is 0 Å². The maximum absolute atomic E-state index is 11.6. The summed E-state index contributed by atoms with van der Waals surface area (Å²) in [4.78, 5) is 12.6. The lowest BCUT2D eigenvalue weighted by Gasteiger charge is -1.95. The predicted octanol–water partition coefficient (Wildman–Crippen LogP) is 3.32. The molecule has 0 unspecified atom stereocenters. The number of rotatable bonds is 2. The molecule has 0 fully saturated rings. The minimum atomic E-state index is -0.324. The Labute approximate surface area is 102 Å². The largest absolute Gasteiger partial charge is 0.472 e. The molecule has 1 aliphatic heterocycles. The highest BCUT2D eigenvalue weighted by Crippen LogP contribution is 2.29. The molecule has 0 N–H and O–H groups in total. The van der Waals surface area contributed by atoms with Crippen LogP contribution in [0.1, 0.15) is 10.4 Å². The molecule has 17 heavy (non-hydrogen) atoms. The van der Waals surface area contributed by atoms with Gasteiger partial charge in [0.05, 0.1) is 23.0 Å². The fourth-order valence-electron chi connectivity index (χ4n) is 1.57. The molecule has 0 aromatic carbocycles. The van der Waals surface area contributed by atoms with Crippen LogP contribution in [-0.2, 0) is 9.53 Å². The van der Waals surface area contributed by atoms with E-state index in [0.717, 1.165) is 10.4 Å². The van der Waals surface area contributed by atoms with Crippen molar-refractivity contribution in [2.45, 2.75) is 0 Å². The average molecular weight is 244 g/mol. The van der Waals surface area contributed by atoms with E-state index in [0.29, 0.717) is 11.3 Å². The summed E-state index contributed by atoms with van der Waals surface area (Å²) in [5, 5.41) is 1.95. The van der Waals surface area contributed by atoms with Gasteiger partial charge in [0.1, 0.15) is 5.76 Å². The van der Waals surface area contributed by atoms with E-state index in [-0.39, 0.29) is 5.97 Å². The maximum atomic E-state index is 11.6. The van der Waals surface area contributed by atoms with Crippen LogP contribution in [0.25, 0.3) is 11.8 Å². The summed E-state index contributed by atoms with van der Waals surface area (Å²) in [7, 11) is 0. The topological polar surface area (TPSA) is 39.4 Å². The van der Waals surface area contributed by atoms with Crippen molar-refractivity contribution in [3.05, 3.63) is 58.2 Å². The summed E-state index contributed by atoms with van der Waals surface area (Å²) >= 11 is 1.54. The van der Waals surface area contributed by atoms with Crippen molar-refractivity contribution in [2.24, 2.45) is 0 Å². The van der Waals surface area contributed by atoms with Gasteiger partial charge in [-0.25, -0.2) is 4.79 Å². The molecule has 0 radical (unpaired) electrons. The molecule has 3 nitrogen and oxygen atoms in total. The summed E-state index contributed by atoms with van der Waals surface area (Å²) in [6.45, 7) is 0. The van der Waals surface area contributed by atoms with Crippen molar-refractivity contribution in [1.82, 2.24) is 0 Å². The normalized spacial score (nSPS) is 17.3. The molecule has 0 aliphatic carbocycles. The molecule has 1 aliphatic rings. The molecular formula is C13H8O3S. The molecule has 0 spiro atoms. The van der Waals surface area contributed by atoms with Gasteiger partial charge in [-0.15, -0.1) is 11.3 Å². The number of thiophene rings is 1. The van der Waals surface area contributed by atoms with Crippen LogP contribution >= 0.6 is 11.3 Å². The number of hydrogen-bond acceptors (Lipinski definition) is 4. The fourth-order valence-corrected chi connectivity index (χ4v) is 2.24. The Morgan fingerprint density at radius 1 is 1.29 bits per heavy atom. The van der Waals surface area contributed by atoms with Gasteiger partial charge < -0.3 is 9.15 Å². The van der Waals surface area contributed by atoms with Gasteiger partial charge in [0.2, 0.25) is 0 Å². The van der Waals surface area contributed by atoms with E-state index >= 15 is 0 Å². The summed E-state index contributed by atoms with van der Waals surface area (Å²) in [6.07, 6.45) is 6.64. The average Bonchev–Trinajstić information content (AvgIpc) is 3.02. The molecule has 2 aromatic rings. The van der Waals surface area contributed by atoms with Crippen molar-refractivity contribution in [1.29, 1.82) is 0 Å². The minimum absolute atomic E-state index is 0.324. The van der Waals surface area contributed by atoms with Gasteiger partial charge in [-0.2, -0.15) is 0 Å². The SMILES string of the molecule is O=C1OC(c2cccs2)=C/C1=C\c1ccoc1. The van der Waals surface area contributed by atoms with Crippen molar-refractivity contribution >= 4 is 29.1 Å². The first-order valence-electron chi connectivity index (χ1n) is 5.04. The predicted molar refractivity (Wildman–Crippen MR) is 65.1 cm³/mol. The highest BCUT2D eigenvalue weighted by Gasteiger charge is 2.22. The van der Waals surface area contributed by atoms with Gasteiger partial charge in [-0.1, -0.05) is 6.07 Å². The maximum Gasteiger partial charge on any atom is 0.343 e. The Kier molecular flexibility index (Phi) is 2.42. The summed E-state index contributed by atoms with van der Waals surface area (Å²) in [6, 6.07) is 5.63. The molecule has 0 atom stereocenters. The van der Waals surface area contributed by atoms with E-state index in [1.54, 1.807) is 42.1 Å². The summed E-state index contributed by atoms with van der Waals surface area (Å²) in [5.74, 6) is 0.286. The van der Waals surface area contributed by atoms with Crippen LogP contribution < -0.4 is 0 Å². The van der Waals surface area contributed by atoms with Gasteiger partial charge in [0.25, 0.3) is 0 Å². The van der Waals surface area contributed by atoms with Crippen LogP contribution in [0.2, 0.25) is 0 Å². The first kappa shape index (κ1) is 10.1. The lowest BCUT2D eigenvalue weighted by atomic mass is 10.2. The van der Waals surface area contributed by atoms with Crippen molar-refractivity contribution in [3.63, 3.8) is 0 Å². The third kappa shape index (κ3) is 1.94. The summed E-state index contributed by atoms with van der Waals surface area (Å²) < 4.78 is 10.1. The standard InChI is InChI=1S/C13H8O3S/c14-13-10(6-9-3-4-15-8-9)7-11(16-13)12-2-1-5-17-12/h1-8H/b10-6+. The van der Waals surface area contributed by atoms with E-state index in [1.807, 2.05) is 17.5 Å². The Morgan fingerprint density at radius 3 is 2.94 bits per heavy atom. The Hall–Kier alpha value is -2.07. The quantitative estimate of drug-likeness (QED) is 0.601. The number of cyclic esters (lactones) is 1. The zero-order chi connectivity index (χ0) is 11.7. The molecule has 2 aromatic heterocycles. The van der Waals surface area contributed by atoms with Crippen LogP contribution in [0, 0.1) is 0 Å². The molecule has 0 saturated heterocycles. The van der Waals surface area contributed by atoms with Gasteiger partial charge in [0.15, 0.2) is 0 Å². The van der Waals surface area contributed by atoms with Gasteiger partial charge in [-0.3, -0.25) is 0 Å². The van der Waals surface area contributed by atoms with E-state index in [2.05, 4.69) is 0 Å². The zero-order valence-electron chi connectivity index (χ0n) is 8.75. The van der Waals surface area contributed by atoms with Crippen molar-refractivity contribution < 1.29 is 13.9 Å². The molecular weight excluding hydrogens is 236 g/mol. The first-order valence-corrected chi connectivity index (χ1v) is 5.92. The van der Waals surface area contributed by atoms with E-state index < -0.39 is 0 Å². The van der Waals surface area contributed by atoms with Crippen LogP contribution in [0.4, 0.5) is 0 Å². The Bertz CT molecular complexity index is 589. The monoisotopic (exact) mass is 244 g/mol. The van der Waals surface area contributed by atoms with E-state index in [4.69, 9.17) is 9.15 Å². The van der Waals surface area contributed by atoms with E-state index in [1.165, 1.54) is 0 Å². The molecule has 4 heteroatoms. The van der Waals surface area contributed by atoms with Crippen molar-refractivity contribution in [3.8, 4) is 0 Å². The smallest absolute Gasteiger partial charge is 0.343 e. The second-order valence-corrected chi connectivity index (χ2v) is 4.48. The third-order valence-electron chi connectivity index (χ3n) is 2.35. The van der Waals surface area contributed by atoms with Gasteiger partial charge >= 0.3 is 5.97 Å². The first-order chi connectivity index (χ1) is 8.33. The molecule has 3 rings (SSSR count). The lowest BCUT2D eigenvalue weighted by molar-refractivity contribution is -0.130. The van der Waals surface area contributed by atoms with E-state index in [9.17, 15) is 4.79 Å². The number of carbonyl (C=O) groups is 1. The highest BCUT2D eigenvalue weighted by molar-refractivity contribution is 7.11. The van der Waals surface area contributed by atoms with Gasteiger partial charge in [0, 0.05) is 5.56 Å². The molecule has 3 heterocycles. The lowest BCUT2D eigenvalue weighted by Crippen LogP contribution is -1.96. The minimum Gasteiger partial charge on any atom is -0.472 e. The highest BCUT2D eigenvalue weighted by atomic mass is 32.1. The van der Waals surface area contributed by atoms with Crippen LogP contribution in [0.5, 0.6) is 0 Å². The second kappa shape index (κ2) is 4.07. The van der Waals surface area contributed by atoms with Crippen LogP contribution in [-0.4, -0.2) is 5.97 Å². The number of carbonyl (C=O) groups excluding carboxylic acids is 1. The molecule has 0 amide bonds. The van der Waals surface area contributed by atoms with Gasteiger partial charge in [-0.05, 0) is 29.7 Å².